The van der Waals surface area contributed by atoms with Crippen molar-refractivity contribution in [2.75, 3.05) is 31.7 Å². The molecule has 0 aliphatic carbocycles. The Morgan fingerprint density at radius 3 is 2.76 bits per heavy atom. The summed E-state index contributed by atoms with van der Waals surface area (Å²) < 4.78 is 7.57. The lowest BCUT2D eigenvalue weighted by Crippen LogP contribution is -2.53. The molecule has 0 radical (unpaired) electrons. The zero-order valence-corrected chi connectivity index (χ0v) is 17.9. The van der Waals surface area contributed by atoms with Gasteiger partial charge in [0.25, 0.3) is 5.56 Å². The molecule has 0 unspecified atom stereocenters. The molecule has 1 aromatic carbocycles. The van der Waals surface area contributed by atoms with E-state index in [4.69, 9.17) is 4.74 Å². The first kappa shape index (κ1) is 19.3. The van der Waals surface area contributed by atoms with Crippen LogP contribution in [0, 0.1) is 5.92 Å². The Morgan fingerprint density at radius 1 is 1.10 bits per heavy atom. The third-order valence-electron chi connectivity index (χ3n) is 7.11. The number of fused-ring (bicyclic) bond motifs is 4. The van der Waals surface area contributed by atoms with Gasteiger partial charge in [-0.05, 0) is 66.9 Å². The van der Waals surface area contributed by atoms with Crippen molar-refractivity contribution in [3.05, 3.63) is 64.1 Å². The van der Waals surface area contributed by atoms with Crippen molar-refractivity contribution in [3.8, 4) is 5.75 Å². The van der Waals surface area contributed by atoms with Crippen molar-refractivity contribution in [2.24, 2.45) is 5.92 Å². The minimum Gasteiger partial charge on any atom is -0.497 e. The number of aromatic nitrogens is 1. The van der Waals surface area contributed by atoms with E-state index in [2.05, 4.69) is 45.5 Å². The van der Waals surface area contributed by atoms with Gasteiger partial charge in [0.2, 0.25) is 0 Å². The molecule has 3 atom stereocenters. The second-order valence-electron chi connectivity index (χ2n) is 8.77. The lowest BCUT2D eigenvalue weighted by Gasteiger charge is -2.49. The van der Waals surface area contributed by atoms with Gasteiger partial charge in [0.05, 0.1) is 7.11 Å². The second kappa shape index (κ2) is 8.19. The number of benzene rings is 1. The summed E-state index contributed by atoms with van der Waals surface area (Å²) in [4.78, 5) is 15.7. The first-order chi connectivity index (χ1) is 14.2. The average molecular weight is 411 g/mol. The third-order valence-corrected chi connectivity index (χ3v) is 8.16. The van der Waals surface area contributed by atoms with E-state index >= 15 is 0 Å². The van der Waals surface area contributed by atoms with Crippen LogP contribution in [0.4, 0.5) is 0 Å². The third kappa shape index (κ3) is 3.75. The van der Waals surface area contributed by atoms with E-state index in [0.29, 0.717) is 11.8 Å². The molecule has 4 heterocycles. The van der Waals surface area contributed by atoms with Crippen LogP contribution in [0.2, 0.25) is 0 Å². The van der Waals surface area contributed by atoms with Gasteiger partial charge in [-0.2, -0.15) is 11.8 Å². The van der Waals surface area contributed by atoms with Crippen LogP contribution in [0.25, 0.3) is 0 Å². The molecule has 0 saturated carbocycles. The number of nitrogens with zero attached hydrogens (tertiary/aromatic N) is 2. The van der Waals surface area contributed by atoms with Crippen molar-refractivity contribution < 1.29 is 4.74 Å². The number of methoxy groups -OCH3 is 1. The van der Waals surface area contributed by atoms with Gasteiger partial charge in [-0.1, -0.05) is 18.2 Å². The van der Waals surface area contributed by atoms with Crippen LogP contribution in [-0.4, -0.2) is 47.2 Å². The lowest BCUT2D eigenvalue weighted by molar-refractivity contribution is 0.0560. The highest BCUT2D eigenvalue weighted by Crippen LogP contribution is 2.43. The summed E-state index contributed by atoms with van der Waals surface area (Å²) in [6.45, 7) is 2.24. The number of piperidine rings is 1. The Labute approximate surface area is 177 Å². The van der Waals surface area contributed by atoms with Gasteiger partial charge in [-0.25, -0.2) is 0 Å². The fourth-order valence-electron chi connectivity index (χ4n) is 5.73. The van der Waals surface area contributed by atoms with E-state index in [-0.39, 0.29) is 11.6 Å². The normalized spacial score (nSPS) is 27.4. The van der Waals surface area contributed by atoms with E-state index in [1.165, 1.54) is 42.0 Å². The maximum absolute atomic E-state index is 12.9. The summed E-state index contributed by atoms with van der Waals surface area (Å²) in [5.41, 5.74) is 2.66. The maximum Gasteiger partial charge on any atom is 0.251 e. The number of hydrogen-bond donors (Lipinski definition) is 0. The van der Waals surface area contributed by atoms with Gasteiger partial charge in [-0.3, -0.25) is 9.69 Å². The molecule has 2 aromatic rings. The van der Waals surface area contributed by atoms with E-state index in [9.17, 15) is 4.79 Å². The molecule has 0 amide bonds. The SMILES string of the molecule is COc1cccc(C[C@H]2[C@H]3C[C@H](CN(C4CCSCC4)C3)c3cccc(=O)n32)c1. The molecular formula is C24H30N2O2S. The molecule has 5 rings (SSSR count). The van der Waals surface area contributed by atoms with Crippen LogP contribution in [0.1, 0.15) is 42.5 Å². The van der Waals surface area contributed by atoms with Gasteiger partial charge in [0, 0.05) is 42.9 Å². The van der Waals surface area contributed by atoms with Gasteiger partial charge >= 0.3 is 0 Å². The molecule has 0 N–H and O–H groups in total. The summed E-state index contributed by atoms with van der Waals surface area (Å²) >= 11 is 2.10. The van der Waals surface area contributed by atoms with Gasteiger partial charge in [0.15, 0.2) is 0 Å². The smallest absolute Gasteiger partial charge is 0.251 e. The standard InChI is InChI=1S/C24H30N2O2S/c1-28-21-5-2-4-17(12-21)13-23-19-14-18(22-6-3-7-24(27)26(22)23)15-25(16-19)20-8-10-29-11-9-20/h2-7,12,18-20,23H,8-11,13-16H2,1H3/t18-,19+,23+/m1/s1. The summed E-state index contributed by atoms with van der Waals surface area (Å²) in [6, 6.07) is 15.2. The van der Waals surface area contributed by atoms with Crippen molar-refractivity contribution in [3.63, 3.8) is 0 Å². The van der Waals surface area contributed by atoms with Crippen LogP contribution in [0.5, 0.6) is 5.75 Å². The predicted molar refractivity (Wildman–Crippen MR) is 119 cm³/mol. The highest BCUT2D eigenvalue weighted by molar-refractivity contribution is 7.99. The largest absolute Gasteiger partial charge is 0.497 e. The van der Waals surface area contributed by atoms with Gasteiger partial charge in [0.1, 0.15) is 5.75 Å². The number of hydrogen-bond acceptors (Lipinski definition) is 4. The quantitative estimate of drug-likeness (QED) is 0.764. The highest BCUT2D eigenvalue weighted by Gasteiger charge is 2.42. The number of thioether (sulfide) groups is 1. The van der Waals surface area contributed by atoms with Crippen molar-refractivity contribution in [1.29, 1.82) is 0 Å². The van der Waals surface area contributed by atoms with E-state index in [1.54, 1.807) is 13.2 Å². The van der Waals surface area contributed by atoms with Crippen molar-refractivity contribution in [2.45, 2.75) is 43.7 Å². The Morgan fingerprint density at radius 2 is 1.93 bits per heavy atom. The molecule has 2 saturated heterocycles. The molecule has 1 aromatic heterocycles. The molecule has 2 fully saturated rings. The molecular weight excluding hydrogens is 380 g/mol. The summed E-state index contributed by atoms with van der Waals surface area (Å²) in [5.74, 6) is 4.49. The van der Waals surface area contributed by atoms with Crippen LogP contribution >= 0.6 is 11.8 Å². The fraction of sp³-hybridized carbons (Fsp3) is 0.542. The Balaban J connectivity index is 1.49. The zero-order chi connectivity index (χ0) is 19.8. The van der Waals surface area contributed by atoms with Crippen molar-refractivity contribution >= 4 is 11.8 Å². The number of pyridine rings is 1. The molecule has 5 heteroatoms. The first-order valence-corrected chi connectivity index (χ1v) is 12.0. The van der Waals surface area contributed by atoms with Gasteiger partial charge < -0.3 is 9.30 Å². The van der Waals surface area contributed by atoms with Gasteiger partial charge in [-0.15, -0.1) is 0 Å². The Hall–Kier alpha value is -1.72. The summed E-state index contributed by atoms with van der Waals surface area (Å²) in [6.07, 6.45) is 4.72. The molecule has 29 heavy (non-hydrogen) atoms. The Bertz CT molecular complexity index is 921. The summed E-state index contributed by atoms with van der Waals surface area (Å²) in [5, 5.41) is 0. The Kier molecular flexibility index (Phi) is 5.44. The van der Waals surface area contributed by atoms with E-state index in [0.717, 1.165) is 31.3 Å². The highest BCUT2D eigenvalue weighted by atomic mass is 32.2. The monoisotopic (exact) mass is 410 g/mol. The topological polar surface area (TPSA) is 34.5 Å². The molecule has 154 valence electrons. The second-order valence-corrected chi connectivity index (χ2v) is 10.00. The minimum atomic E-state index is 0.160. The van der Waals surface area contributed by atoms with Crippen LogP contribution in [0.15, 0.2) is 47.3 Å². The molecule has 2 bridgehead atoms. The fourth-order valence-corrected chi connectivity index (χ4v) is 6.81. The molecule has 0 spiro atoms. The number of rotatable bonds is 4. The number of ether oxygens (including phenoxy) is 1. The summed E-state index contributed by atoms with van der Waals surface area (Å²) in [7, 11) is 1.71. The van der Waals surface area contributed by atoms with Crippen LogP contribution in [0.3, 0.4) is 0 Å². The average Bonchev–Trinajstić information content (AvgIpc) is 2.77. The molecule has 4 nitrogen and oxygen atoms in total. The molecule has 3 aliphatic heterocycles. The minimum absolute atomic E-state index is 0.160. The zero-order valence-electron chi connectivity index (χ0n) is 17.1. The maximum atomic E-state index is 12.9. The van der Waals surface area contributed by atoms with E-state index in [1.807, 2.05) is 12.1 Å². The molecule has 3 aliphatic rings. The first-order valence-electron chi connectivity index (χ1n) is 10.9. The number of likely N-dealkylation sites (tertiary alicyclic amines) is 1. The van der Waals surface area contributed by atoms with Crippen LogP contribution in [-0.2, 0) is 6.42 Å². The van der Waals surface area contributed by atoms with Crippen molar-refractivity contribution in [1.82, 2.24) is 9.47 Å². The lowest BCUT2D eigenvalue weighted by atomic mass is 9.76. The van der Waals surface area contributed by atoms with E-state index < -0.39 is 0 Å². The van der Waals surface area contributed by atoms with Crippen LogP contribution < -0.4 is 10.3 Å². The predicted octanol–water partition coefficient (Wildman–Crippen LogP) is 3.96.